The summed E-state index contributed by atoms with van der Waals surface area (Å²) < 4.78 is 1.19. The molecule has 0 saturated heterocycles. The molecule has 22 heavy (non-hydrogen) atoms. The van der Waals surface area contributed by atoms with Gasteiger partial charge in [0.15, 0.2) is 11.5 Å². The lowest BCUT2D eigenvalue weighted by Gasteiger charge is -2.16. The van der Waals surface area contributed by atoms with Gasteiger partial charge in [-0.2, -0.15) is 4.98 Å². The maximum atomic E-state index is 11.9. The number of aromatic amines is 1. The summed E-state index contributed by atoms with van der Waals surface area (Å²) in [5.41, 5.74) is 3.84. The molecule has 0 unspecified atom stereocenters. The normalized spacial score (nSPS) is 11.2. The number of aryl methyl sites for hydroxylation is 2. The lowest BCUT2D eigenvalue weighted by atomic mass is 10.0. The van der Waals surface area contributed by atoms with Crippen LogP contribution < -0.4 is 16.8 Å². The molecule has 0 fully saturated rings. The summed E-state index contributed by atoms with van der Waals surface area (Å²) in [5, 5.41) is 9.44. The van der Waals surface area contributed by atoms with Gasteiger partial charge >= 0.3 is 5.69 Å². The summed E-state index contributed by atoms with van der Waals surface area (Å²) in [6.45, 7) is 4.07. The van der Waals surface area contributed by atoms with Crippen molar-refractivity contribution >= 4 is 11.0 Å². The minimum atomic E-state index is -0.788. The Morgan fingerprint density at radius 3 is 2.50 bits per heavy atom. The van der Waals surface area contributed by atoms with Gasteiger partial charge in [-0.15, -0.1) is 0 Å². The number of H-pyrrole nitrogens is 1. The third kappa shape index (κ3) is 2.04. The zero-order chi connectivity index (χ0) is 15.9. The van der Waals surface area contributed by atoms with Crippen LogP contribution in [0.1, 0.15) is 25.0 Å². The second-order valence-corrected chi connectivity index (χ2v) is 4.91. The summed E-state index contributed by atoms with van der Waals surface area (Å²) in [5.74, 6) is -0.0185. The Hall–Kier alpha value is -2.74. The lowest BCUT2D eigenvalue weighted by Crippen LogP contribution is -2.30. The first kappa shape index (κ1) is 14.2. The Morgan fingerprint density at radius 1 is 1.18 bits per heavy atom. The maximum absolute atomic E-state index is 11.9. The molecular weight excluding hydrogens is 286 g/mol. The number of hydrogen-bond acceptors (Lipinski definition) is 6. The van der Waals surface area contributed by atoms with Gasteiger partial charge in [0.2, 0.25) is 0 Å². The zero-order valence-electron chi connectivity index (χ0n) is 12.2. The molecule has 0 aliphatic carbocycles. The third-order valence-corrected chi connectivity index (χ3v) is 3.70. The van der Waals surface area contributed by atoms with Crippen molar-refractivity contribution in [1.82, 2.24) is 19.6 Å². The van der Waals surface area contributed by atoms with E-state index >= 15 is 0 Å². The fraction of sp³-hybridized carbons (Fsp3) is 0.286. The van der Waals surface area contributed by atoms with Crippen LogP contribution in [0.25, 0.3) is 22.6 Å². The number of hydrogen-bond donors (Lipinski definition) is 3. The standard InChI is InChI=1S/C14H15N5O3/c1-3-7-5-9-10(6-8(7)4-2)19(18-22)12-11(15-9)13(20)17-14(21)16-12/h5-6,18,22H,3-4H2,1-2H3,(H,17,20,21). The maximum Gasteiger partial charge on any atom is 0.350 e. The molecule has 3 N–H and O–H groups in total. The fourth-order valence-electron chi connectivity index (χ4n) is 2.62. The molecule has 1 aromatic rings. The van der Waals surface area contributed by atoms with Gasteiger partial charge in [-0.1, -0.05) is 13.8 Å². The second-order valence-electron chi connectivity index (χ2n) is 4.91. The monoisotopic (exact) mass is 301 g/mol. The van der Waals surface area contributed by atoms with E-state index in [-0.39, 0.29) is 11.5 Å². The Kier molecular flexibility index (Phi) is 3.38. The molecule has 0 saturated carbocycles. The van der Waals surface area contributed by atoms with Gasteiger partial charge in [0, 0.05) is 0 Å². The van der Waals surface area contributed by atoms with Crippen molar-refractivity contribution in [3.05, 3.63) is 44.1 Å². The Balaban J connectivity index is 2.53. The number of aromatic nitrogens is 4. The summed E-state index contributed by atoms with van der Waals surface area (Å²) in [6, 6.07) is 3.75. The summed E-state index contributed by atoms with van der Waals surface area (Å²) >= 11 is 0. The van der Waals surface area contributed by atoms with Crippen molar-refractivity contribution in [3.63, 3.8) is 0 Å². The Labute approximate surface area is 124 Å². The van der Waals surface area contributed by atoms with Crippen LogP contribution in [0, 0.1) is 0 Å². The highest BCUT2D eigenvalue weighted by molar-refractivity contribution is 5.81. The number of benzene rings is 1. The van der Waals surface area contributed by atoms with Crippen LogP contribution in [0.4, 0.5) is 0 Å². The number of rotatable bonds is 3. The quantitative estimate of drug-likeness (QED) is 0.483. The van der Waals surface area contributed by atoms with Crippen molar-refractivity contribution in [2.75, 3.05) is 5.59 Å². The molecule has 0 atom stereocenters. The summed E-state index contributed by atoms with van der Waals surface area (Å²) in [6.07, 6.45) is 1.65. The van der Waals surface area contributed by atoms with Gasteiger partial charge in [-0.3, -0.25) is 15.0 Å². The predicted molar refractivity (Wildman–Crippen MR) is 80.9 cm³/mol. The molecule has 0 spiro atoms. The molecule has 2 aliphatic heterocycles. The van der Waals surface area contributed by atoms with Crippen molar-refractivity contribution in [1.29, 1.82) is 0 Å². The van der Waals surface area contributed by atoms with Crippen LogP contribution in [0.3, 0.4) is 0 Å². The minimum Gasteiger partial charge on any atom is -0.275 e. The zero-order valence-corrected chi connectivity index (χ0v) is 12.2. The molecule has 0 radical (unpaired) electrons. The van der Waals surface area contributed by atoms with E-state index in [0.29, 0.717) is 11.0 Å². The fourth-order valence-corrected chi connectivity index (χ4v) is 2.62. The molecule has 0 aromatic heterocycles. The highest BCUT2D eigenvalue weighted by Gasteiger charge is 2.19. The van der Waals surface area contributed by atoms with E-state index in [9.17, 15) is 14.8 Å². The minimum absolute atomic E-state index is 0.0139. The van der Waals surface area contributed by atoms with Crippen molar-refractivity contribution in [2.45, 2.75) is 26.7 Å². The number of nitrogens with one attached hydrogen (secondary N) is 2. The Bertz CT molecular complexity index is 944. The van der Waals surface area contributed by atoms with E-state index in [0.717, 1.165) is 24.0 Å². The van der Waals surface area contributed by atoms with Crippen molar-refractivity contribution in [3.8, 4) is 11.5 Å². The van der Waals surface area contributed by atoms with Crippen LogP contribution in [-0.2, 0) is 12.8 Å². The van der Waals surface area contributed by atoms with Crippen molar-refractivity contribution in [2.24, 2.45) is 0 Å². The van der Waals surface area contributed by atoms with E-state index in [2.05, 4.69) is 15.0 Å². The summed E-state index contributed by atoms with van der Waals surface area (Å²) in [7, 11) is 0. The molecule has 1 aromatic carbocycles. The molecule has 8 heteroatoms. The average molecular weight is 301 g/mol. The van der Waals surface area contributed by atoms with Gasteiger partial charge < -0.3 is 0 Å². The molecule has 2 heterocycles. The van der Waals surface area contributed by atoms with Crippen LogP contribution >= 0.6 is 0 Å². The van der Waals surface area contributed by atoms with Crippen LogP contribution in [0.5, 0.6) is 0 Å². The molecule has 114 valence electrons. The van der Waals surface area contributed by atoms with Gasteiger partial charge in [0.05, 0.1) is 11.0 Å². The second kappa shape index (κ2) is 5.23. The first-order chi connectivity index (χ1) is 10.6. The molecule has 2 aliphatic rings. The van der Waals surface area contributed by atoms with E-state index < -0.39 is 11.2 Å². The largest absolute Gasteiger partial charge is 0.350 e. The molecular formula is C14H15N5O3. The van der Waals surface area contributed by atoms with Gasteiger partial charge in [-0.25, -0.2) is 20.0 Å². The van der Waals surface area contributed by atoms with Gasteiger partial charge in [0.1, 0.15) is 0 Å². The highest BCUT2D eigenvalue weighted by atomic mass is 16.5. The van der Waals surface area contributed by atoms with Gasteiger partial charge in [0.25, 0.3) is 5.56 Å². The van der Waals surface area contributed by atoms with E-state index in [1.807, 2.05) is 31.6 Å². The van der Waals surface area contributed by atoms with Crippen molar-refractivity contribution < 1.29 is 5.21 Å². The number of fused-ring (bicyclic) bond motifs is 2. The van der Waals surface area contributed by atoms with Crippen LogP contribution in [0.15, 0.2) is 21.7 Å². The average Bonchev–Trinajstić information content (AvgIpc) is 2.51. The molecule has 3 rings (SSSR count). The van der Waals surface area contributed by atoms with Gasteiger partial charge in [-0.05, 0) is 36.1 Å². The predicted octanol–water partition coefficient (Wildman–Crippen LogP) is 0.642. The van der Waals surface area contributed by atoms with E-state index in [1.54, 1.807) is 0 Å². The molecule has 0 bridgehead atoms. The first-order valence-corrected chi connectivity index (χ1v) is 6.97. The third-order valence-electron chi connectivity index (χ3n) is 3.70. The smallest absolute Gasteiger partial charge is 0.275 e. The topological polar surface area (TPSA) is 113 Å². The molecule has 8 nitrogen and oxygen atoms in total. The SMILES string of the molecule is CCc1cc2nc3c(=O)[nH]c(=O)nc-3n(NO)c2cc1CC. The van der Waals surface area contributed by atoms with E-state index in [4.69, 9.17) is 0 Å². The van der Waals surface area contributed by atoms with Crippen LogP contribution in [0.2, 0.25) is 0 Å². The highest BCUT2D eigenvalue weighted by Crippen LogP contribution is 2.23. The van der Waals surface area contributed by atoms with Crippen LogP contribution in [-0.4, -0.2) is 24.8 Å². The van der Waals surface area contributed by atoms with E-state index in [1.165, 1.54) is 4.68 Å². The Morgan fingerprint density at radius 2 is 1.86 bits per heavy atom. The molecule has 0 amide bonds. The summed E-state index contributed by atoms with van der Waals surface area (Å²) in [4.78, 5) is 33.4. The lowest BCUT2D eigenvalue weighted by molar-refractivity contribution is 0.322. The number of nitrogens with zero attached hydrogens (tertiary/aromatic N) is 3. The first-order valence-electron chi connectivity index (χ1n) is 6.97.